The molecule has 2 unspecified atom stereocenters. The van der Waals surface area contributed by atoms with Crippen LogP contribution < -0.4 is 5.32 Å². The second-order valence-electron chi connectivity index (χ2n) is 5.17. The molecule has 3 rings (SSSR count). The molecule has 2 atom stereocenters. The van der Waals surface area contributed by atoms with Crippen LogP contribution in [0.25, 0.3) is 0 Å². The van der Waals surface area contributed by atoms with Crippen molar-refractivity contribution < 1.29 is 4.74 Å². The summed E-state index contributed by atoms with van der Waals surface area (Å²) in [4.78, 5) is 2.41. The molecule has 3 fully saturated rings. The first-order valence-corrected chi connectivity index (χ1v) is 5.86. The van der Waals surface area contributed by atoms with Crippen molar-refractivity contribution in [3.8, 4) is 0 Å². The minimum atomic E-state index is 0.161. The minimum absolute atomic E-state index is 0.161. The van der Waals surface area contributed by atoms with Crippen molar-refractivity contribution in [2.45, 2.75) is 30.9 Å². The molecule has 0 amide bonds. The van der Waals surface area contributed by atoms with E-state index >= 15 is 0 Å². The predicted molar refractivity (Wildman–Crippen MR) is 55.3 cm³/mol. The van der Waals surface area contributed by atoms with Crippen LogP contribution in [0.5, 0.6) is 0 Å². The molecule has 2 saturated heterocycles. The highest BCUT2D eigenvalue weighted by Gasteiger charge is 2.51. The van der Waals surface area contributed by atoms with E-state index in [2.05, 4.69) is 17.3 Å². The lowest BCUT2D eigenvalue weighted by molar-refractivity contribution is -0.0927. The molecule has 1 N–H and O–H groups in total. The summed E-state index contributed by atoms with van der Waals surface area (Å²) in [5.41, 5.74) is 0.161. The van der Waals surface area contributed by atoms with Gasteiger partial charge in [0.2, 0.25) is 0 Å². The number of hydrogen-bond acceptors (Lipinski definition) is 3. The normalized spacial score (nSPS) is 44.8. The van der Waals surface area contributed by atoms with Crippen LogP contribution in [0.1, 0.15) is 19.3 Å². The molecule has 0 aromatic heterocycles. The first kappa shape index (κ1) is 9.13. The number of hydrogen-bond donors (Lipinski definition) is 1. The third-order valence-corrected chi connectivity index (χ3v) is 3.97. The van der Waals surface area contributed by atoms with Crippen LogP contribution in [0.3, 0.4) is 0 Å². The summed E-state index contributed by atoms with van der Waals surface area (Å²) < 4.78 is 6.11. The lowest BCUT2D eigenvalue weighted by Gasteiger charge is -2.42. The number of likely N-dealkylation sites (N-methyl/N-ethyl adjacent to an activating group) is 1. The van der Waals surface area contributed by atoms with Gasteiger partial charge in [-0.3, -0.25) is 0 Å². The van der Waals surface area contributed by atoms with Gasteiger partial charge >= 0.3 is 0 Å². The number of nitrogens with zero attached hydrogens (tertiary/aromatic N) is 1. The molecule has 3 aliphatic rings. The zero-order valence-corrected chi connectivity index (χ0v) is 8.96. The summed E-state index contributed by atoms with van der Waals surface area (Å²) in [6.45, 7) is 4.27. The molecule has 3 heteroatoms. The first-order valence-electron chi connectivity index (χ1n) is 5.86. The SMILES string of the molecule is CN1CCC2(C1)OCCNC2C1CC1. The second-order valence-corrected chi connectivity index (χ2v) is 5.17. The number of rotatable bonds is 1. The maximum atomic E-state index is 6.11. The van der Waals surface area contributed by atoms with Crippen molar-refractivity contribution in [2.24, 2.45) is 5.92 Å². The highest BCUT2D eigenvalue weighted by Crippen LogP contribution is 2.43. The molecule has 80 valence electrons. The number of nitrogens with one attached hydrogen (secondary N) is 1. The fraction of sp³-hybridized carbons (Fsp3) is 1.00. The second kappa shape index (κ2) is 3.19. The molecule has 0 radical (unpaired) electrons. The minimum Gasteiger partial charge on any atom is -0.371 e. The van der Waals surface area contributed by atoms with Gasteiger partial charge < -0.3 is 15.0 Å². The van der Waals surface area contributed by atoms with Crippen LogP contribution in [0.4, 0.5) is 0 Å². The molecule has 1 saturated carbocycles. The quantitative estimate of drug-likeness (QED) is 0.659. The summed E-state index contributed by atoms with van der Waals surface area (Å²) >= 11 is 0. The predicted octanol–water partition coefficient (Wildman–Crippen LogP) is 0.459. The van der Waals surface area contributed by atoms with E-state index in [1.54, 1.807) is 0 Å². The van der Waals surface area contributed by atoms with Crippen LogP contribution >= 0.6 is 0 Å². The van der Waals surface area contributed by atoms with Gasteiger partial charge in [0.05, 0.1) is 12.2 Å². The maximum absolute atomic E-state index is 6.11. The van der Waals surface area contributed by atoms with Crippen molar-refractivity contribution in [2.75, 3.05) is 33.3 Å². The average molecular weight is 196 g/mol. The summed E-state index contributed by atoms with van der Waals surface area (Å²) in [6, 6.07) is 0.640. The van der Waals surface area contributed by atoms with Gasteiger partial charge in [0.15, 0.2) is 0 Å². The topological polar surface area (TPSA) is 24.5 Å². The Labute approximate surface area is 85.8 Å². The van der Waals surface area contributed by atoms with E-state index in [1.165, 1.54) is 25.8 Å². The van der Waals surface area contributed by atoms with Crippen LogP contribution in [0.2, 0.25) is 0 Å². The zero-order valence-electron chi connectivity index (χ0n) is 8.96. The van der Waals surface area contributed by atoms with Crippen LogP contribution in [-0.4, -0.2) is 49.8 Å². The van der Waals surface area contributed by atoms with Gasteiger partial charge in [-0.25, -0.2) is 0 Å². The molecule has 1 spiro atoms. The third-order valence-electron chi connectivity index (χ3n) is 3.97. The van der Waals surface area contributed by atoms with E-state index in [0.29, 0.717) is 6.04 Å². The Morgan fingerprint density at radius 3 is 2.93 bits per heavy atom. The van der Waals surface area contributed by atoms with Crippen molar-refractivity contribution in [1.29, 1.82) is 0 Å². The smallest absolute Gasteiger partial charge is 0.0976 e. The maximum Gasteiger partial charge on any atom is 0.0976 e. The lowest BCUT2D eigenvalue weighted by Crippen LogP contribution is -2.60. The van der Waals surface area contributed by atoms with Crippen molar-refractivity contribution in [1.82, 2.24) is 10.2 Å². The van der Waals surface area contributed by atoms with Gasteiger partial charge in [-0.1, -0.05) is 0 Å². The molecule has 2 aliphatic heterocycles. The standard InChI is InChI=1S/C11H20N2O/c1-13-6-4-11(8-13)10(9-2-3-9)12-5-7-14-11/h9-10,12H,2-8H2,1H3. The van der Waals surface area contributed by atoms with Crippen molar-refractivity contribution in [3.63, 3.8) is 0 Å². The van der Waals surface area contributed by atoms with Gasteiger partial charge in [0.25, 0.3) is 0 Å². The zero-order chi connectivity index (χ0) is 9.60. The number of ether oxygens (including phenoxy) is 1. The molecule has 3 nitrogen and oxygen atoms in total. The number of likely N-dealkylation sites (tertiary alicyclic amines) is 1. The van der Waals surface area contributed by atoms with E-state index in [4.69, 9.17) is 4.74 Å². The van der Waals surface area contributed by atoms with Crippen molar-refractivity contribution in [3.05, 3.63) is 0 Å². The Balaban J connectivity index is 1.79. The Morgan fingerprint density at radius 1 is 1.43 bits per heavy atom. The molecule has 0 bridgehead atoms. The largest absolute Gasteiger partial charge is 0.371 e. The molecule has 1 aliphatic carbocycles. The van der Waals surface area contributed by atoms with Gasteiger partial charge in [0, 0.05) is 25.7 Å². The highest BCUT2D eigenvalue weighted by molar-refractivity contribution is 5.07. The molecule has 0 aromatic carbocycles. The Bertz CT molecular complexity index is 225. The Hall–Kier alpha value is -0.120. The monoisotopic (exact) mass is 196 g/mol. The lowest BCUT2D eigenvalue weighted by atomic mass is 9.88. The molecule has 14 heavy (non-hydrogen) atoms. The van der Waals surface area contributed by atoms with E-state index in [9.17, 15) is 0 Å². The van der Waals surface area contributed by atoms with E-state index in [1.807, 2.05) is 0 Å². The van der Waals surface area contributed by atoms with Gasteiger partial charge in [-0.05, 0) is 32.2 Å². The van der Waals surface area contributed by atoms with Crippen molar-refractivity contribution >= 4 is 0 Å². The van der Waals surface area contributed by atoms with E-state index < -0.39 is 0 Å². The van der Waals surface area contributed by atoms with Crippen LogP contribution in [0.15, 0.2) is 0 Å². The summed E-state index contributed by atoms with van der Waals surface area (Å²) in [5.74, 6) is 0.904. The fourth-order valence-corrected chi connectivity index (χ4v) is 3.14. The molecule has 2 heterocycles. The summed E-state index contributed by atoms with van der Waals surface area (Å²) in [5, 5.41) is 3.68. The fourth-order valence-electron chi connectivity index (χ4n) is 3.14. The Morgan fingerprint density at radius 2 is 2.29 bits per heavy atom. The van der Waals surface area contributed by atoms with Crippen LogP contribution in [0, 0.1) is 5.92 Å². The molecule has 0 aromatic rings. The van der Waals surface area contributed by atoms with Gasteiger partial charge in [0.1, 0.15) is 0 Å². The van der Waals surface area contributed by atoms with Gasteiger partial charge in [-0.2, -0.15) is 0 Å². The molecular weight excluding hydrogens is 176 g/mol. The summed E-state index contributed by atoms with van der Waals surface area (Å²) in [6.07, 6.45) is 4.04. The van der Waals surface area contributed by atoms with E-state index in [-0.39, 0.29) is 5.60 Å². The Kier molecular flexibility index (Phi) is 2.08. The highest BCUT2D eigenvalue weighted by atomic mass is 16.5. The summed E-state index contributed by atoms with van der Waals surface area (Å²) in [7, 11) is 2.21. The first-order chi connectivity index (χ1) is 6.80. The molecular formula is C11H20N2O. The average Bonchev–Trinajstić information content (AvgIpc) is 2.94. The van der Waals surface area contributed by atoms with Gasteiger partial charge in [-0.15, -0.1) is 0 Å². The number of morpholine rings is 1. The van der Waals surface area contributed by atoms with E-state index in [0.717, 1.165) is 25.6 Å². The third kappa shape index (κ3) is 1.38. The van der Waals surface area contributed by atoms with Crippen LogP contribution in [-0.2, 0) is 4.74 Å².